The van der Waals surface area contributed by atoms with Crippen molar-refractivity contribution in [3.05, 3.63) is 29.8 Å². The summed E-state index contributed by atoms with van der Waals surface area (Å²) in [5.74, 6) is 0. The topological polar surface area (TPSA) is 43.4 Å². The first kappa shape index (κ1) is 25.2. The van der Waals surface area contributed by atoms with Gasteiger partial charge >= 0.3 is 0 Å². The highest BCUT2D eigenvalue weighted by molar-refractivity contribution is 7.86. The third kappa shape index (κ3) is 11.2. The zero-order chi connectivity index (χ0) is 20.5. The molecular weight excluding hydrogens is 368 g/mol. The molecule has 1 rings (SSSR count). The van der Waals surface area contributed by atoms with E-state index in [4.69, 9.17) is 4.18 Å². The summed E-state index contributed by atoms with van der Waals surface area (Å²) in [7, 11) is -3.65. The maximum Gasteiger partial charge on any atom is 0.297 e. The summed E-state index contributed by atoms with van der Waals surface area (Å²) in [6, 6.07) is 7.34. The van der Waals surface area contributed by atoms with Crippen LogP contribution in [0.1, 0.15) is 109 Å². The van der Waals surface area contributed by atoms with Crippen LogP contribution in [0.5, 0.6) is 0 Å². The minimum atomic E-state index is -3.65. The van der Waals surface area contributed by atoms with Crippen molar-refractivity contribution in [2.45, 2.75) is 115 Å². The molecule has 0 radical (unpaired) electrons. The Kier molecular flexibility index (Phi) is 14.4. The standard InChI is InChI=1S/C24H42O3S/c1-3-5-7-9-11-13-15-19-23-20-16-17-21-24(23)28(25,26)27-22-18-14-12-10-8-6-4-2/h16-17,20-21H,3-15,18-19,22H2,1-2H3. The molecule has 0 amide bonds. The van der Waals surface area contributed by atoms with Crippen LogP contribution in [0.4, 0.5) is 0 Å². The summed E-state index contributed by atoms with van der Waals surface area (Å²) >= 11 is 0. The molecule has 28 heavy (non-hydrogen) atoms. The molecule has 0 aliphatic heterocycles. The quantitative estimate of drug-likeness (QED) is 0.187. The summed E-state index contributed by atoms with van der Waals surface area (Å²) in [5, 5.41) is 0. The van der Waals surface area contributed by atoms with Gasteiger partial charge in [-0.05, 0) is 30.9 Å². The largest absolute Gasteiger partial charge is 0.297 e. The molecule has 0 saturated carbocycles. The molecule has 0 atom stereocenters. The highest BCUT2D eigenvalue weighted by Gasteiger charge is 2.18. The zero-order valence-electron chi connectivity index (χ0n) is 18.3. The van der Waals surface area contributed by atoms with Crippen molar-refractivity contribution in [3.8, 4) is 0 Å². The van der Waals surface area contributed by atoms with Gasteiger partial charge in [-0.1, -0.05) is 109 Å². The van der Waals surface area contributed by atoms with Crippen molar-refractivity contribution in [1.29, 1.82) is 0 Å². The van der Waals surface area contributed by atoms with Crippen LogP contribution in [0.3, 0.4) is 0 Å². The van der Waals surface area contributed by atoms with Crippen LogP contribution in [0, 0.1) is 0 Å². The van der Waals surface area contributed by atoms with E-state index in [0.29, 0.717) is 11.5 Å². The molecule has 0 unspecified atom stereocenters. The molecule has 0 aliphatic carbocycles. The summed E-state index contributed by atoms with van der Waals surface area (Å²) in [4.78, 5) is 0.365. The number of benzene rings is 1. The number of hydrogen-bond donors (Lipinski definition) is 0. The van der Waals surface area contributed by atoms with Crippen LogP contribution in [-0.4, -0.2) is 15.0 Å². The van der Waals surface area contributed by atoms with E-state index in [2.05, 4.69) is 13.8 Å². The van der Waals surface area contributed by atoms with Gasteiger partial charge in [-0.15, -0.1) is 0 Å². The van der Waals surface area contributed by atoms with E-state index < -0.39 is 10.1 Å². The van der Waals surface area contributed by atoms with E-state index in [-0.39, 0.29) is 0 Å². The van der Waals surface area contributed by atoms with Crippen molar-refractivity contribution in [2.75, 3.05) is 6.61 Å². The Morgan fingerprint density at radius 2 is 1.18 bits per heavy atom. The zero-order valence-corrected chi connectivity index (χ0v) is 19.1. The van der Waals surface area contributed by atoms with Crippen molar-refractivity contribution >= 4 is 10.1 Å². The Hall–Kier alpha value is -0.870. The van der Waals surface area contributed by atoms with Gasteiger partial charge in [0.05, 0.1) is 11.5 Å². The van der Waals surface area contributed by atoms with Gasteiger partial charge in [-0.3, -0.25) is 4.18 Å². The van der Waals surface area contributed by atoms with Gasteiger partial charge in [0.15, 0.2) is 0 Å². The highest BCUT2D eigenvalue weighted by Crippen LogP contribution is 2.21. The Labute approximate surface area is 174 Å². The molecular formula is C24H42O3S. The Bertz CT molecular complexity index is 596. The van der Waals surface area contributed by atoms with Crippen molar-refractivity contribution < 1.29 is 12.6 Å². The molecule has 0 heterocycles. The van der Waals surface area contributed by atoms with E-state index in [1.165, 1.54) is 57.8 Å². The molecule has 0 aliphatic rings. The van der Waals surface area contributed by atoms with Crippen LogP contribution in [0.25, 0.3) is 0 Å². The van der Waals surface area contributed by atoms with E-state index in [1.54, 1.807) is 12.1 Å². The highest BCUT2D eigenvalue weighted by atomic mass is 32.2. The Morgan fingerprint density at radius 3 is 1.79 bits per heavy atom. The number of unbranched alkanes of at least 4 members (excludes halogenated alkanes) is 12. The maximum atomic E-state index is 12.6. The molecule has 0 fully saturated rings. The van der Waals surface area contributed by atoms with E-state index >= 15 is 0 Å². The Balaban J connectivity index is 2.35. The molecule has 162 valence electrons. The third-order valence-electron chi connectivity index (χ3n) is 5.28. The SMILES string of the molecule is CCCCCCCCCOS(=O)(=O)c1ccccc1CCCCCCCCC. The van der Waals surface area contributed by atoms with Gasteiger partial charge < -0.3 is 0 Å². The number of rotatable bonds is 18. The molecule has 3 nitrogen and oxygen atoms in total. The van der Waals surface area contributed by atoms with Crippen molar-refractivity contribution in [3.63, 3.8) is 0 Å². The Morgan fingerprint density at radius 1 is 0.679 bits per heavy atom. The fourth-order valence-corrected chi connectivity index (χ4v) is 4.72. The summed E-state index contributed by atoms with van der Waals surface area (Å²) in [6.07, 6.45) is 17.5. The van der Waals surface area contributed by atoms with Gasteiger partial charge in [0.2, 0.25) is 0 Å². The molecule has 4 heteroatoms. The molecule has 0 N–H and O–H groups in total. The maximum absolute atomic E-state index is 12.6. The minimum absolute atomic E-state index is 0.294. The monoisotopic (exact) mass is 410 g/mol. The normalized spacial score (nSPS) is 11.8. The second-order valence-corrected chi connectivity index (χ2v) is 9.46. The van der Waals surface area contributed by atoms with Crippen LogP contribution in [0.15, 0.2) is 29.2 Å². The second-order valence-electron chi connectivity index (χ2n) is 7.88. The third-order valence-corrected chi connectivity index (χ3v) is 6.69. The van der Waals surface area contributed by atoms with Gasteiger partial charge in [0.25, 0.3) is 10.1 Å². The van der Waals surface area contributed by atoms with E-state index in [0.717, 1.165) is 44.1 Å². The molecule has 1 aromatic carbocycles. The lowest BCUT2D eigenvalue weighted by atomic mass is 10.0. The average molecular weight is 411 g/mol. The number of hydrogen-bond acceptors (Lipinski definition) is 3. The molecule has 0 saturated heterocycles. The van der Waals surface area contributed by atoms with E-state index in [9.17, 15) is 8.42 Å². The van der Waals surface area contributed by atoms with Crippen LogP contribution >= 0.6 is 0 Å². The lowest BCUT2D eigenvalue weighted by Crippen LogP contribution is -2.10. The van der Waals surface area contributed by atoms with Crippen LogP contribution in [-0.2, 0) is 20.7 Å². The van der Waals surface area contributed by atoms with E-state index in [1.807, 2.05) is 12.1 Å². The summed E-state index contributed by atoms with van der Waals surface area (Å²) in [5.41, 5.74) is 0.899. The smallest absolute Gasteiger partial charge is 0.266 e. The fraction of sp³-hybridized carbons (Fsp3) is 0.750. The van der Waals surface area contributed by atoms with Crippen molar-refractivity contribution in [1.82, 2.24) is 0 Å². The van der Waals surface area contributed by atoms with Gasteiger partial charge in [0.1, 0.15) is 0 Å². The molecule has 0 aromatic heterocycles. The van der Waals surface area contributed by atoms with Crippen LogP contribution in [0.2, 0.25) is 0 Å². The van der Waals surface area contributed by atoms with Gasteiger partial charge in [-0.2, -0.15) is 8.42 Å². The first-order valence-electron chi connectivity index (χ1n) is 11.6. The second kappa shape index (κ2) is 16.0. The lowest BCUT2D eigenvalue weighted by molar-refractivity contribution is 0.306. The lowest BCUT2D eigenvalue weighted by Gasteiger charge is -2.11. The summed E-state index contributed by atoms with van der Waals surface area (Å²) in [6.45, 7) is 4.74. The first-order chi connectivity index (χ1) is 13.6. The predicted molar refractivity (Wildman–Crippen MR) is 119 cm³/mol. The molecule has 1 aromatic rings. The van der Waals surface area contributed by atoms with Gasteiger partial charge in [0, 0.05) is 0 Å². The predicted octanol–water partition coefficient (Wildman–Crippen LogP) is 7.44. The van der Waals surface area contributed by atoms with Crippen molar-refractivity contribution in [2.24, 2.45) is 0 Å². The molecule has 0 bridgehead atoms. The number of aryl methyl sites for hydroxylation is 1. The fourth-order valence-electron chi connectivity index (χ4n) is 3.52. The van der Waals surface area contributed by atoms with Crippen LogP contribution < -0.4 is 0 Å². The van der Waals surface area contributed by atoms with Gasteiger partial charge in [-0.25, -0.2) is 0 Å². The molecule has 0 spiro atoms. The minimum Gasteiger partial charge on any atom is -0.266 e. The first-order valence-corrected chi connectivity index (χ1v) is 13.0. The average Bonchev–Trinajstić information content (AvgIpc) is 2.69. The summed E-state index contributed by atoms with van der Waals surface area (Å²) < 4.78 is 30.6.